The van der Waals surface area contributed by atoms with Gasteiger partial charge in [0, 0.05) is 6.92 Å². The summed E-state index contributed by atoms with van der Waals surface area (Å²) in [6, 6.07) is 8.24. The first-order valence-electron chi connectivity index (χ1n) is 5.39. The Bertz CT molecular complexity index is 314. The monoisotopic (exact) mass is 206 g/mol. The molecular formula is C13H18O2. The van der Waals surface area contributed by atoms with Gasteiger partial charge in [-0.1, -0.05) is 37.6 Å². The second kappa shape index (κ2) is 5.54. The first-order chi connectivity index (χ1) is 7.13. The lowest BCUT2D eigenvalue weighted by Crippen LogP contribution is -2.04. The predicted octanol–water partition coefficient (Wildman–Crippen LogP) is 3.26. The van der Waals surface area contributed by atoms with E-state index in [2.05, 4.69) is 19.1 Å². The van der Waals surface area contributed by atoms with Crippen molar-refractivity contribution in [2.45, 2.75) is 39.7 Å². The fourth-order valence-electron chi connectivity index (χ4n) is 1.56. The largest absolute Gasteiger partial charge is 0.458 e. The lowest BCUT2D eigenvalue weighted by atomic mass is 10.1. The molecule has 1 aromatic rings. The van der Waals surface area contributed by atoms with Crippen LogP contribution in [0.5, 0.6) is 0 Å². The smallest absolute Gasteiger partial charge is 0.303 e. The third kappa shape index (κ3) is 3.74. The van der Waals surface area contributed by atoms with E-state index in [4.69, 9.17) is 4.74 Å². The maximum absolute atomic E-state index is 10.8. The van der Waals surface area contributed by atoms with Crippen LogP contribution in [0.2, 0.25) is 0 Å². The molecule has 0 aliphatic heterocycles. The Morgan fingerprint density at radius 2 is 1.93 bits per heavy atom. The normalized spacial score (nSPS) is 12.2. The number of rotatable bonds is 4. The van der Waals surface area contributed by atoms with Gasteiger partial charge in [-0.3, -0.25) is 4.79 Å². The van der Waals surface area contributed by atoms with Crippen LogP contribution in [-0.2, 0) is 16.0 Å². The van der Waals surface area contributed by atoms with E-state index in [1.165, 1.54) is 12.5 Å². The van der Waals surface area contributed by atoms with Crippen molar-refractivity contribution in [2.75, 3.05) is 0 Å². The summed E-state index contributed by atoms with van der Waals surface area (Å²) in [5.41, 5.74) is 2.38. The second-order valence-corrected chi connectivity index (χ2v) is 3.74. The zero-order valence-corrected chi connectivity index (χ0v) is 9.62. The van der Waals surface area contributed by atoms with Gasteiger partial charge in [0.15, 0.2) is 0 Å². The van der Waals surface area contributed by atoms with Crippen LogP contribution in [0, 0.1) is 0 Å². The number of carbonyl (C=O) groups excluding carboxylic acids is 1. The third-order valence-electron chi connectivity index (χ3n) is 2.33. The topological polar surface area (TPSA) is 26.3 Å². The molecule has 1 unspecified atom stereocenters. The number of carbonyl (C=O) groups is 1. The highest BCUT2D eigenvalue weighted by atomic mass is 16.5. The van der Waals surface area contributed by atoms with Crippen molar-refractivity contribution in [3.8, 4) is 0 Å². The first-order valence-corrected chi connectivity index (χ1v) is 5.39. The van der Waals surface area contributed by atoms with Crippen LogP contribution in [0.15, 0.2) is 24.3 Å². The first kappa shape index (κ1) is 11.8. The standard InChI is InChI=1S/C13H18O2/c1-4-5-12-6-8-13(9-7-12)10(2)15-11(3)14/h6-10H,4-5H2,1-3H3. The van der Waals surface area contributed by atoms with E-state index in [-0.39, 0.29) is 12.1 Å². The van der Waals surface area contributed by atoms with Crippen LogP contribution in [0.4, 0.5) is 0 Å². The predicted molar refractivity (Wildman–Crippen MR) is 60.6 cm³/mol. The van der Waals surface area contributed by atoms with E-state index in [9.17, 15) is 4.79 Å². The van der Waals surface area contributed by atoms with Crippen LogP contribution < -0.4 is 0 Å². The summed E-state index contributed by atoms with van der Waals surface area (Å²) in [7, 11) is 0. The van der Waals surface area contributed by atoms with Crippen molar-refractivity contribution in [2.24, 2.45) is 0 Å². The maximum Gasteiger partial charge on any atom is 0.303 e. The zero-order valence-electron chi connectivity index (χ0n) is 9.62. The van der Waals surface area contributed by atoms with Gasteiger partial charge in [0.1, 0.15) is 6.10 Å². The molecule has 0 amide bonds. The number of hydrogen-bond donors (Lipinski definition) is 0. The van der Waals surface area contributed by atoms with Gasteiger partial charge in [-0.25, -0.2) is 0 Å². The summed E-state index contributed by atoms with van der Waals surface area (Å²) in [5.74, 6) is -0.236. The third-order valence-corrected chi connectivity index (χ3v) is 2.33. The number of hydrogen-bond acceptors (Lipinski definition) is 2. The van der Waals surface area contributed by atoms with Gasteiger partial charge in [0.05, 0.1) is 0 Å². The molecule has 0 aliphatic rings. The molecule has 82 valence electrons. The summed E-state index contributed by atoms with van der Waals surface area (Å²) in [6.07, 6.45) is 2.10. The van der Waals surface area contributed by atoms with E-state index >= 15 is 0 Å². The molecule has 0 saturated heterocycles. The van der Waals surface area contributed by atoms with E-state index in [1.54, 1.807) is 0 Å². The summed E-state index contributed by atoms with van der Waals surface area (Å²) in [4.78, 5) is 10.8. The van der Waals surface area contributed by atoms with Gasteiger partial charge in [-0.05, 0) is 24.5 Å². The summed E-state index contributed by atoms with van der Waals surface area (Å²) in [5, 5.41) is 0. The van der Waals surface area contributed by atoms with E-state index < -0.39 is 0 Å². The molecule has 0 N–H and O–H groups in total. The van der Waals surface area contributed by atoms with Crippen molar-refractivity contribution in [3.63, 3.8) is 0 Å². The van der Waals surface area contributed by atoms with Crippen molar-refractivity contribution in [1.82, 2.24) is 0 Å². The van der Waals surface area contributed by atoms with Crippen molar-refractivity contribution in [3.05, 3.63) is 35.4 Å². The maximum atomic E-state index is 10.8. The average Bonchev–Trinajstić information content (AvgIpc) is 2.18. The van der Waals surface area contributed by atoms with Crippen LogP contribution >= 0.6 is 0 Å². The average molecular weight is 206 g/mol. The van der Waals surface area contributed by atoms with Gasteiger partial charge >= 0.3 is 5.97 Å². The van der Waals surface area contributed by atoms with Gasteiger partial charge in [-0.2, -0.15) is 0 Å². The van der Waals surface area contributed by atoms with E-state index in [0.717, 1.165) is 18.4 Å². The molecule has 0 heterocycles. The highest BCUT2D eigenvalue weighted by Crippen LogP contribution is 2.17. The molecule has 15 heavy (non-hydrogen) atoms. The van der Waals surface area contributed by atoms with E-state index in [0.29, 0.717) is 0 Å². The molecule has 0 spiro atoms. The molecule has 1 rings (SSSR count). The molecule has 0 fully saturated rings. The van der Waals surface area contributed by atoms with Crippen LogP contribution in [-0.4, -0.2) is 5.97 Å². The molecule has 2 nitrogen and oxygen atoms in total. The summed E-state index contributed by atoms with van der Waals surface area (Å²) < 4.78 is 5.10. The lowest BCUT2D eigenvalue weighted by Gasteiger charge is -2.12. The number of ether oxygens (including phenoxy) is 1. The molecule has 1 atom stereocenters. The SMILES string of the molecule is CCCc1ccc(C(C)OC(C)=O)cc1. The van der Waals surface area contributed by atoms with Crippen molar-refractivity contribution >= 4 is 5.97 Å². The quantitative estimate of drug-likeness (QED) is 0.707. The summed E-state index contributed by atoms with van der Waals surface area (Å²) >= 11 is 0. The molecule has 0 saturated carbocycles. The fraction of sp³-hybridized carbons (Fsp3) is 0.462. The Morgan fingerprint density at radius 3 is 2.40 bits per heavy atom. The molecular weight excluding hydrogens is 188 g/mol. The minimum atomic E-state index is -0.236. The Morgan fingerprint density at radius 1 is 1.33 bits per heavy atom. The zero-order chi connectivity index (χ0) is 11.3. The molecule has 1 aromatic carbocycles. The number of esters is 1. The van der Waals surface area contributed by atoms with Gasteiger partial charge in [-0.15, -0.1) is 0 Å². The van der Waals surface area contributed by atoms with Gasteiger partial charge in [0.2, 0.25) is 0 Å². The Balaban J connectivity index is 2.66. The van der Waals surface area contributed by atoms with Crippen LogP contribution in [0.25, 0.3) is 0 Å². The van der Waals surface area contributed by atoms with Gasteiger partial charge in [0.25, 0.3) is 0 Å². The Hall–Kier alpha value is -1.31. The molecule has 0 radical (unpaired) electrons. The summed E-state index contributed by atoms with van der Waals surface area (Å²) in [6.45, 7) is 5.48. The fourth-order valence-corrected chi connectivity index (χ4v) is 1.56. The van der Waals surface area contributed by atoms with Gasteiger partial charge < -0.3 is 4.74 Å². The number of benzene rings is 1. The molecule has 0 aliphatic carbocycles. The minimum Gasteiger partial charge on any atom is -0.458 e. The number of aryl methyl sites for hydroxylation is 1. The molecule has 2 heteroatoms. The lowest BCUT2D eigenvalue weighted by molar-refractivity contribution is -0.145. The molecule has 0 aromatic heterocycles. The van der Waals surface area contributed by atoms with Crippen LogP contribution in [0.1, 0.15) is 44.4 Å². The van der Waals surface area contributed by atoms with Crippen molar-refractivity contribution in [1.29, 1.82) is 0 Å². The Kier molecular flexibility index (Phi) is 4.35. The minimum absolute atomic E-state index is 0.154. The molecule has 0 bridgehead atoms. The highest BCUT2D eigenvalue weighted by Gasteiger charge is 2.07. The van der Waals surface area contributed by atoms with Crippen molar-refractivity contribution < 1.29 is 9.53 Å². The highest BCUT2D eigenvalue weighted by molar-refractivity contribution is 5.66. The second-order valence-electron chi connectivity index (χ2n) is 3.74. The Labute approximate surface area is 91.3 Å². The van der Waals surface area contributed by atoms with Crippen LogP contribution in [0.3, 0.4) is 0 Å². The van der Waals surface area contributed by atoms with E-state index in [1.807, 2.05) is 19.1 Å².